The molecule has 0 unspecified atom stereocenters. The highest BCUT2D eigenvalue weighted by Crippen LogP contribution is 2.42. The summed E-state index contributed by atoms with van der Waals surface area (Å²) in [6.07, 6.45) is 1.37. The standard InChI is InChI=1S/C26H28N2O6/c1-25(2)11-17(19(13-27)23(30)33-25)8-16(15-6-7-22(32-5)21(29)10-15)9-18-12-26(3,4)34-24(31)20(18)14-28/h6-7,10,16,29H,8-9,11-12H2,1-5H3. The van der Waals surface area contributed by atoms with E-state index in [1.807, 2.05) is 12.1 Å². The number of nitrogens with zero attached hydrogens (tertiary/aromatic N) is 2. The van der Waals surface area contributed by atoms with E-state index in [1.165, 1.54) is 7.11 Å². The average Bonchev–Trinajstić information content (AvgIpc) is 2.71. The van der Waals surface area contributed by atoms with Crippen molar-refractivity contribution in [3.63, 3.8) is 0 Å². The Labute approximate surface area is 199 Å². The minimum Gasteiger partial charge on any atom is -0.504 e. The molecule has 0 aliphatic carbocycles. The molecule has 0 atom stereocenters. The summed E-state index contributed by atoms with van der Waals surface area (Å²) < 4.78 is 15.9. The highest BCUT2D eigenvalue weighted by molar-refractivity contribution is 5.95. The summed E-state index contributed by atoms with van der Waals surface area (Å²) in [5.41, 5.74) is 0.406. The molecule has 3 rings (SSSR count). The van der Waals surface area contributed by atoms with Gasteiger partial charge >= 0.3 is 11.9 Å². The van der Waals surface area contributed by atoms with E-state index >= 15 is 0 Å². The lowest BCUT2D eigenvalue weighted by molar-refractivity contribution is -0.153. The Morgan fingerprint density at radius 2 is 1.44 bits per heavy atom. The number of carbonyl (C=O) groups is 2. The third-order valence-electron chi connectivity index (χ3n) is 6.02. The van der Waals surface area contributed by atoms with Crippen LogP contribution in [0.5, 0.6) is 11.5 Å². The SMILES string of the molecule is COc1ccc(C(CC2=C(C#N)C(=O)OC(C)(C)C2)CC2=C(C#N)C(=O)OC(C)(C)C2)cc1O. The van der Waals surface area contributed by atoms with Crippen LogP contribution >= 0.6 is 0 Å². The van der Waals surface area contributed by atoms with E-state index in [1.54, 1.807) is 45.9 Å². The Morgan fingerprint density at radius 1 is 0.971 bits per heavy atom. The number of hydrogen-bond donors (Lipinski definition) is 1. The lowest BCUT2D eigenvalue weighted by Crippen LogP contribution is -2.35. The van der Waals surface area contributed by atoms with Gasteiger partial charge in [0.1, 0.15) is 34.5 Å². The minimum atomic E-state index is -0.771. The third-order valence-corrected chi connectivity index (χ3v) is 6.02. The van der Waals surface area contributed by atoms with Gasteiger partial charge in [0.25, 0.3) is 0 Å². The number of phenolic OH excluding ortho intramolecular Hbond substituents is 1. The summed E-state index contributed by atoms with van der Waals surface area (Å²) in [5, 5.41) is 29.6. The summed E-state index contributed by atoms with van der Waals surface area (Å²) in [6.45, 7) is 7.12. The summed E-state index contributed by atoms with van der Waals surface area (Å²) in [6, 6.07) is 8.94. The molecule has 1 aromatic carbocycles. The summed E-state index contributed by atoms with van der Waals surface area (Å²) >= 11 is 0. The van der Waals surface area contributed by atoms with Crippen LogP contribution in [0, 0.1) is 22.7 Å². The van der Waals surface area contributed by atoms with Crippen LogP contribution in [0.4, 0.5) is 0 Å². The predicted octanol–water partition coefficient (Wildman–Crippen LogP) is 4.36. The number of rotatable bonds is 6. The van der Waals surface area contributed by atoms with Gasteiger partial charge in [-0.05, 0) is 75.3 Å². The molecule has 2 aliphatic rings. The molecule has 1 N–H and O–H groups in total. The summed E-state index contributed by atoms with van der Waals surface area (Å²) in [7, 11) is 1.45. The van der Waals surface area contributed by atoms with Crippen LogP contribution in [-0.4, -0.2) is 35.4 Å². The number of phenols is 1. The van der Waals surface area contributed by atoms with Gasteiger partial charge in [-0.25, -0.2) is 9.59 Å². The Balaban J connectivity index is 2.09. The van der Waals surface area contributed by atoms with E-state index in [0.29, 0.717) is 42.6 Å². The van der Waals surface area contributed by atoms with Crippen molar-refractivity contribution in [2.24, 2.45) is 0 Å². The molecule has 2 heterocycles. The number of esters is 2. The van der Waals surface area contributed by atoms with Crippen molar-refractivity contribution >= 4 is 11.9 Å². The van der Waals surface area contributed by atoms with Crippen molar-refractivity contribution in [3.8, 4) is 23.6 Å². The van der Waals surface area contributed by atoms with E-state index in [9.17, 15) is 25.2 Å². The van der Waals surface area contributed by atoms with Crippen molar-refractivity contribution in [1.29, 1.82) is 10.5 Å². The number of benzene rings is 1. The van der Waals surface area contributed by atoms with Crippen LogP contribution in [0.1, 0.15) is 64.9 Å². The fourth-order valence-corrected chi connectivity index (χ4v) is 4.63. The minimum absolute atomic E-state index is 0.0278. The van der Waals surface area contributed by atoms with Crippen LogP contribution in [0.15, 0.2) is 40.5 Å². The third kappa shape index (κ3) is 5.23. The average molecular weight is 465 g/mol. The first-order valence-corrected chi connectivity index (χ1v) is 11.0. The molecule has 0 amide bonds. The number of carbonyl (C=O) groups excluding carboxylic acids is 2. The molecule has 1 aromatic rings. The van der Waals surface area contributed by atoms with Gasteiger partial charge in [0.2, 0.25) is 0 Å². The molecule has 8 nitrogen and oxygen atoms in total. The molecule has 0 saturated carbocycles. The van der Waals surface area contributed by atoms with Crippen LogP contribution in [0.3, 0.4) is 0 Å². The van der Waals surface area contributed by atoms with Gasteiger partial charge in [-0.2, -0.15) is 10.5 Å². The molecule has 0 fully saturated rings. The maximum absolute atomic E-state index is 12.5. The van der Waals surface area contributed by atoms with Gasteiger partial charge in [-0.3, -0.25) is 0 Å². The molecule has 8 heteroatoms. The maximum atomic E-state index is 12.5. The van der Waals surface area contributed by atoms with Crippen molar-refractivity contribution in [2.75, 3.05) is 7.11 Å². The molecular formula is C26H28N2O6. The molecule has 178 valence electrons. The van der Waals surface area contributed by atoms with E-state index < -0.39 is 23.1 Å². The highest BCUT2D eigenvalue weighted by Gasteiger charge is 2.38. The predicted molar refractivity (Wildman–Crippen MR) is 121 cm³/mol. The molecular weight excluding hydrogens is 436 g/mol. The zero-order valence-electron chi connectivity index (χ0n) is 20.0. The first kappa shape index (κ1) is 24.9. The zero-order chi connectivity index (χ0) is 25.3. The number of aromatic hydroxyl groups is 1. The van der Waals surface area contributed by atoms with E-state index in [2.05, 4.69) is 0 Å². The zero-order valence-corrected chi connectivity index (χ0v) is 20.0. The summed E-state index contributed by atoms with van der Waals surface area (Å²) in [4.78, 5) is 24.9. The van der Waals surface area contributed by atoms with Gasteiger partial charge in [-0.1, -0.05) is 6.07 Å². The maximum Gasteiger partial charge on any atom is 0.349 e. The van der Waals surface area contributed by atoms with Crippen LogP contribution in [0.25, 0.3) is 0 Å². The Kier molecular flexibility index (Phi) is 6.74. The molecule has 0 aromatic heterocycles. The number of methoxy groups -OCH3 is 1. The Morgan fingerprint density at radius 3 is 1.82 bits per heavy atom. The van der Waals surface area contributed by atoms with Crippen LogP contribution in [-0.2, 0) is 19.1 Å². The van der Waals surface area contributed by atoms with Gasteiger partial charge in [0, 0.05) is 12.8 Å². The Bertz CT molecular complexity index is 1110. The quantitative estimate of drug-likeness (QED) is 0.615. The normalized spacial score (nSPS) is 19.3. The number of cyclic esters (lactones) is 2. The molecule has 0 radical (unpaired) electrons. The lowest BCUT2D eigenvalue weighted by Gasteiger charge is -2.34. The number of nitriles is 2. The van der Waals surface area contributed by atoms with Gasteiger partial charge in [-0.15, -0.1) is 0 Å². The molecule has 0 saturated heterocycles. The first-order valence-electron chi connectivity index (χ1n) is 11.0. The number of ether oxygens (including phenoxy) is 3. The largest absolute Gasteiger partial charge is 0.504 e. The summed E-state index contributed by atoms with van der Waals surface area (Å²) in [5.74, 6) is -1.41. The first-order chi connectivity index (χ1) is 15.9. The van der Waals surface area contributed by atoms with E-state index in [0.717, 1.165) is 5.56 Å². The topological polar surface area (TPSA) is 130 Å². The fourth-order valence-electron chi connectivity index (χ4n) is 4.63. The van der Waals surface area contributed by atoms with Crippen molar-refractivity contribution in [3.05, 3.63) is 46.1 Å². The van der Waals surface area contributed by atoms with E-state index in [4.69, 9.17) is 14.2 Å². The molecule has 34 heavy (non-hydrogen) atoms. The molecule has 0 bridgehead atoms. The van der Waals surface area contributed by atoms with Gasteiger partial charge < -0.3 is 19.3 Å². The lowest BCUT2D eigenvalue weighted by atomic mass is 9.78. The van der Waals surface area contributed by atoms with Crippen molar-refractivity contribution in [1.82, 2.24) is 0 Å². The second-order valence-corrected chi connectivity index (χ2v) is 9.87. The van der Waals surface area contributed by atoms with Crippen LogP contribution in [0.2, 0.25) is 0 Å². The smallest absolute Gasteiger partial charge is 0.349 e. The Hall–Kier alpha value is -3.78. The monoisotopic (exact) mass is 464 g/mol. The second kappa shape index (κ2) is 9.23. The van der Waals surface area contributed by atoms with Gasteiger partial charge in [0.15, 0.2) is 11.5 Å². The second-order valence-electron chi connectivity index (χ2n) is 9.87. The van der Waals surface area contributed by atoms with Crippen molar-refractivity contribution in [2.45, 2.75) is 70.5 Å². The number of hydrogen-bond acceptors (Lipinski definition) is 8. The van der Waals surface area contributed by atoms with Crippen molar-refractivity contribution < 1.29 is 28.9 Å². The fraction of sp³-hybridized carbons (Fsp3) is 0.462. The van der Waals surface area contributed by atoms with Crippen LogP contribution < -0.4 is 4.74 Å². The molecule has 2 aliphatic heterocycles. The highest BCUT2D eigenvalue weighted by atomic mass is 16.6. The molecule has 0 spiro atoms. The van der Waals surface area contributed by atoms with Gasteiger partial charge in [0.05, 0.1) is 7.11 Å². The van der Waals surface area contributed by atoms with E-state index in [-0.39, 0.29) is 22.8 Å².